The van der Waals surface area contributed by atoms with Crippen molar-refractivity contribution in [3.63, 3.8) is 0 Å². The maximum absolute atomic E-state index is 12.9. The van der Waals surface area contributed by atoms with Crippen molar-refractivity contribution < 1.29 is 17.9 Å². The minimum atomic E-state index is -3.52. The highest BCUT2D eigenvalue weighted by molar-refractivity contribution is 7.92. The molecular formula is C19H21ClN2O4S. The first-order valence-electron chi connectivity index (χ1n) is 8.57. The van der Waals surface area contributed by atoms with Crippen LogP contribution in [0.5, 0.6) is 5.75 Å². The zero-order valence-electron chi connectivity index (χ0n) is 15.1. The predicted octanol–water partition coefficient (Wildman–Crippen LogP) is 2.92. The summed E-state index contributed by atoms with van der Waals surface area (Å²) < 4.78 is 32.1. The molecule has 0 aliphatic carbocycles. The maximum Gasteiger partial charge on any atom is 0.265 e. The van der Waals surface area contributed by atoms with Crippen LogP contribution in [0.15, 0.2) is 48.5 Å². The van der Waals surface area contributed by atoms with E-state index in [1.54, 1.807) is 50.4 Å². The average molecular weight is 409 g/mol. The van der Waals surface area contributed by atoms with Crippen LogP contribution in [-0.2, 0) is 21.4 Å². The van der Waals surface area contributed by atoms with Gasteiger partial charge in [0.1, 0.15) is 5.75 Å². The average Bonchev–Trinajstić information content (AvgIpc) is 2.68. The van der Waals surface area contributed by atoms with Crippen molar-refractivity contribution in [2.24, 2.45) is 0 Å². The maximum atomic E-state index is 12.9. The molecule has 1 atom stereocenters. The Labute approximate surface area is 164 Å². The van der Waals surface area contributed by atoms with Crippen molar-refractivity contribution >= 4 is 33.2 Å². The third-order valence-corrected chi connectivity index (χ3v) is 6.42. The minimum Gasteiger partial charge on any atom is -0.476 e. The van der Waals surface area contributed by atoms with Crippen LogP contribution >= 0.6 is 11.6 Å². The van der Waals surface area contributed by atoms with Crippen LogP contribution in [0.3, 0.4) is 0 Å². The van der Waals surface area contributed by atoms with E-state index in [2.05, 4.69) is 0 Å². The lowest BCUT2D eigenvalue weighted by Crippen LogP contribution is -2.51. The van der Waals surface area contributed by atoms with Crippen LogP contribution in [0.25, 0.3) is 0 Å². The van der Waals surface area contributed by atoms with Crippen molar-refractivity contribution in [3.05, 3.63) is 59.1 Å². The third-order valence-electron chi connectivity index (χ3n) is 4.42. The van der Waals surface area contributed by atoms with Gasteiger partial charge in [-0.05, 0) is 36.8 Å². The van der Waals surface area contributed by atoms with E-state index < -0.39 is 16.1 Å². The van der Waals surface area contributed by atoms with Crippen molar-refractivity contribution in [1.29, 1.82) is 0 Å². The van der Waals surface area contributed by atoms with E-state index in [9.17, 15) is 13.2 Å². The van der Waals surface area contributed by atoms with Gasteiger partial charge in [-0.2, -0.15) is 0 Å². The molecule has 0 aromatic heterocycles. The lowest BCUT2D eigenvalue weighted by atomic mass is 10.2. The molecule has 1 amide bonds. The first kappa shape index (κ1) is 19.5. The molecule has 1 aliphatic rings. The van der Waals surface area contributed by atoms with Gasteiger partial charge in [-0.3, -0.25) is 9.10 Å². The highest BCUT2D eigenvalue weighted by Gasteiger charge is 2.37. The number of fused-ring (bicyclic) bond motifs is 1. The number of amides is 1. The van der Waals surface area contributed by atoms with Gasteiger partial charge in [0.2, 0.25) is 10.0 Å². The normalized spacial score (nSPS) is 16.4. The summed E-state index contributed by atoms with van der Waals surface area (Å²) in [5, 5.41) is 0.625. The van der Waals surface area contributed by atoms with Gasteiger partial charge in [-0.15, -0.1) is 0 Å². The smallest absolute Gasteiger partial charge is 0.265 e. The zero-order valence-corrected chi connectivity index (χ0v) is 16.7. The Morgan fingerprint density at radius 3 is 2.56 bits per heavy atom. The number of sulfonamides is 1. The molecule has 1 heterocycles. The lowest BCUT2D eigenvalue weighted by molar-refractivity contribution is -0.137. The number of para-hydroxylation sites is 2. The number of hydrogen-bond acceptors (Lipinski definition) is 4. The summed E-state index contributed by atoms with van der Waals surface area (Å²) in [7, 11) is -1.86. The molecule has 0 fully saturated rings. The molecule has 0 bridgehead atoms. The molecule has 0 radical (unpaired) electrons. The van der Waals surface area contributed by atoms with Gasteiger partial charge >= 0.3 is 0 Å². The van der Waals surface area contributed by atoms with Crippen LogP contribution in [0.2, 0.25) is 5.02 Å². The van der Waals surface area contributed by atoms with Gasteiger partial charge in [0.25, 0.3) is 5.91 Å². The summed E-state index contributed by atoms with van der Waals surface area (Å²) in [6.45, 7) is 1.91. The van der Waals surface area contributed by atoms with E-state index in [-0.39, 0.29) is 18.2 Å². The van der Waals surface area contributed by atoms with Crippen molar-refractivity contribution in [1.82, 2.24) is 4.90 Å². The molecule has 0 saturated carbocycles. The predicted molar refractivity (Wildman–Crippen MR) is 106 cm³/mol. The zero-order chi connectivity index (χ0) is 19.6. The summed E-state index contributed by atoms with van der Waals surface area (Å²) in [5.41, 5.74) is 1.38. The van der Waals surface area contributed by atoms with Crippen LogP contribution in [-0.4, -0.2) is 44.7 Å². The fraction of sp³-hybridized carbons (Fsp3) is 0.316. The summed E-state index contributed by atoms with van der Waals surface area (Å²) in [6.07, 6.45) is -0.904. The number of anilines is 1. The first-order chi connectivity index (χ1) is 12.8. The first-order valence-corrected chi connectivity index (χ1v) is 10.6. The van der Waals surface area contributed by atoms with E-state index in [0.717, 1.165) is 5.56 Å². The Kier molecular flexibility index (Phi) is 5.62. The molecule has 2 aromatic carbocycles. The van der Waals surface area contributed by atoms with E-state index in [1.807, 2.05) is 12.1 Å². The van der Waals surface area contributed by atoms with Gasteiger partial charge in [0, 0.05) is 18.6 Å². The van der Waals surface area contributed by atoms with E-state index in [1.165, 1.54) is 9.21 Å². The molecule has 0 spiro atoms. The van der Waals surface area contributed by atoms with Gasteiger partial charge in [0.05, 0.1) is 18.0 Å². The van der Waals surface area contributed by atoms with Crippen LogP contribution in [0.4, 0.5) is 5.69 Å². The number of halogens is 1. The van der Waals surface area contributed by atoms with E-state index in [4.69, 9.17) is 16.3 Å². The highest BCUT2D eigenvalue weighted by atomic mass is 35.5. The molecule has 6 nitrogen and oxygen atoms in total. The Morgan fingerprint density at radius 2 is 1.89 bits per heavy atom. The Morgan fingerprint density at radius 1 is 1.22 bits per heavy atom. The molecule has 0 N–H and O–H groups in total. The number of nitrogens with zero attached hydrogens (tertiary/aromatic N) is 2. The molecule has 8 heteroatoms. The largest absolute Gasteiger partial charge is 0.476 e. The van der Waals surface area contributed by atoms with Gasteiger partial charge < -0.3 is 9.64 Å². The quantitative estimate of drug-likeness (QED) is 0.762. The summed E-state index contributed by atoms with van der Waals surface area (Å²) in [6, 6.07) is 14.1. The standard InChI is InChI=1S/C19H21ClN2O4S/c1-3-27(24,25)22-13-18(26-17-7-5-4-6-16(17)22)19(23)21(2)12-14-8-10-15(20)11-9-14/h4-11,18H,3,12-13H2,1-2H3/t18-/m0/s1. The number of hydrogen-bond donors (Lipinski definition) is 0. The SMILES string of the molecule is CCS(=O)(=O)N1C[C@@H](C(=O)N(C)Cc2ccc(Cl)cc2)Oc2ccccc21. The minimum absolute atomic E-state index is 0.0447. The lowest BCUT2D eigenvalue weighted by Gasteiger charge is -2.36. The topological polar surface area (TPSA) is 66.9 Å². The second kappa shape index (κ2) is 7.78. The van der Waals surface area contributed by atoms with E-state index in [0.29, 0.717) is 23.0 Å². The molecule has 2 aromatic rings. The number of rotatable bonds is 5. The number of ether oxygens (including phenoxy) is 1. The molecule has 0 saturated heterocycles. The highest BCUT2D eigenvalue weighted by Crippen LogP contribution is 2.35. The molecular weight excluding hydrogens is 388 g/mol. The van der Waals surface area contributed by atoms with Gasteiger partial charge in [0.15, 0.2) is 6.10 Å². The van der Waals surface area contributed by atoms with Crippen LogP contribution in [0, 0.1) is 0 Å². The van der Waals surface area contributed by atoms with Crippen LogP contribution < -0.4 is 9.04 Å². The van der Waals surface area contributed by atoms with Crippen LogP contribution in [0.1, 0.15) is 12.5 Å². The fourth-order valence-corrected chi connectivity index (χ4v) is 4.19. The van der Waals surface area contributed by atoms with Crippen molar-refractivity contribution in [2.45, 2.75) is 19.6 Å². The molecule has 27 heavy (non-hydrogen) atoms. The Hall–Kier alpha value is -2.25. The van der Waals surface area contributed by atoms with E-state index >= 15 is 0 Å². The summed E-state index contributed by atoms with van der Waals surface area (Å²) in [4.78, 5) is 14.4. The second-order valence-corrected chi connectivity index (χ2v) is 8.95. The molecule has 3 rings (SSSR count). The summed E-state index contributed by atoms with van der Waals surface area (Å²) >= 11 is 5.89. The molecule has 1 aliphatic heterocycles. The third kappa shape index (κ3) is 4.20. The summed E-state index contributed by atoms with van der Waals surface area (Å²) in [5.74, 6) is 0.0536. The Bertz CT molecular complexity index is 931. The monoisotopic (exact) mass is 408 g/mol. The van der Waals surface area contributed by atoms with Crippen molar-refractivity contribution in [2.75, 3.05) is 23.7 Å². The molecule has 0 unspecified atom stereocenters. The molecule has 144 valence electrons. The number of likely N-dealkylation sites (N-methyl/N-ethyl adjacent to an activating group) is 1. The van der Waals surface area contributed by atoms with Crippen molar-refractivity contribution in [3.8, 4) is 5.75 Å². The van der Waals surface area contributed by atoms with Gasteiger partial charge in [-0.1, -0.05) is 35.9 Å². The fourth-order valence-electron chi connectivity index (χ4n) is 2.94. The number of carbonyl (C=O) groups excluding carboxylic acids is 1. The number of benzene rings is 2. The number of carbonyl (C=O) groups is 1. The second-order valence-electron chi connectivity index (χ2n) is 6.33. The van der Waals surface area contributed by atoms with Gasteiger partial charge in [-0.25, -0.2) is 8.42 Å². The Balaban J connectivity index is 1.82.